The number of benzene rings is 2. The summed E-state index contributed by atoms with van der Waals surface area (Å²) in [6.07, 6.45) is 0. The predicted octanol–water partition coefficient (Wildman–Crippen LogP) is 4.34. The maximum absolute atomic E-state index is 12.9. The monoisotopic (exact) mass is 334 g/mol. The topological polar surface area (TPSA) is 43.4 Å². The van der Waals surface area contributed by atoms with Gasteiger partial charge in [0.15, 0.2) is 11.6 Å². The first-order valence-electron chi connectivity index (χ1n) is 6.64. The first-order chi connectivity index (χ1) is 10.4. The molecule has 1 unspecified atom stereocenters. The number of hydrogen-bond donors (Lipinski definition) is 0. The van der Waals surface area contributed by atoms with Gasteiger partial charge in [-0.05, 0) is 18.6 Å². The summed E-state index contributed by atoms with van der Waals surface area (Å²) in [7, 11) is 1.43. The molecule has 0 saturated heterocycles. The summed E-state index contributed by atoms with van der Waals surface area (Å²) >= 11 is 12.3. The molecule has 0 fully saturated rings. The summed E-state index contributed by atoms with van der Waals surface area (Å²) in [5.41, 5.74) is -0.234. The summed E-state index contributed by atoms with van der Waals surface area (Å²) in [4.78, 5) is 25.8. The molecule has 0 amide bonds. The Balaban J connectivity index is 2.28. The molecule has 0 saturated carbocycles. The highest BCUT2D eigenvalue weighted by Crippen LogP contribution is 2.47. The second kappa shape index (κ2) is 5.11. The number of fused-ring (bicyclic) bond motifs is 1. The van der Waals surface area contributed by atoms with Crippen LogP contribution in [0.1, 0.15) is 33.2 Å². The minimum atomic E-state index is -1.29. The van der Waals surface area contributed by atoms with Crippen LogP contribution in [0.3, 0.4) is 0 Å². The van der Waals surface area contributed by atoms with Crippen LogP contribution in [0.25, 0.3) is 0 Å². The molecule has 2 aromatic carbocycles. The van der Waals surface area contributed by atoms with Crippen LogP contribution in [0.4, 0.5) is 0 Å². The first-order valence-corrected chi connectivity index (χ1v) is 7.39. The molecule has 0 aliphatic heterocycles. The molecule has 0 aromatic heterocycles. The van der Waals surface area contributed by atoms with Crippen LogP contribution in [0.2, 0.25) is 10.0 Å². The highest BCUT2D eigenvalue weighted by molar-refractivity contribution is 6.48. The number of ketones is 2. The molecule has 1 aliphatic carbocycles. The molecule has 1 aliphatic rings. The Morgan fingerprint density at radius 3 is 2.23 bits per heavy atom. The number of methoxy groups -OCH3 is 1. The van der Waals surface area contributed by atoms with Gasteiger partial charge in [-0.2, -0.15) is 0 Å². The Morgan fingerprint density at radius 2 is 1.64 bits per heavy atom. The van der Waals surface area contributed by atoms with Gasteiger partial charge in [0.1, 0.15) is 16.2 Å². The lowest BCUT2D eigenvalue weighted by atomic mass is 9.78. The number of Topliss-reactive ketones (excluding diaryl/α,β-unsaturated/α-hetero) is 2. The van der Waals surface area contributed by atoms with E-state index in [4.69, 9.17) is 27.9 Å². The average molecular weight is 335 g/mol. The van der Waals surface area contributed by atoms with Gasteiger partial charge in [-0.15, -0.1) is 0 Å². The molecular weight excluding hydrogens is 323 g/mol. The van der Waals surface area contributed by atoms with E-state index in [9.17, 15) is 9.59 Å². The molecule has 0 radical (unpaired) electrons. The zero-order chi connectivity index (χ0) is 16.1. The Bertz CT molecular complexity index is 799. The van der Waals surface area contributed by atoms with Gasteiger partial charge in [0.25, 0.3) is 0 Å². The van der Waals surface area contributed by atoms with Crippen molar-refractivity contribution in [2.75, 3.05) is 7.11 Å². The van der Waals surface area contributed by atoms with E-state index in [-0.39, 0.29) is 38.5 Å². The molecule has 0 N–H and O–H groups in total. The summed E-state index contributed by atoms with van der Waals surface area (Å²) in [6, 6.07) is 10.4. The number of ether oxygens (including phenoxy) is 1. The van der Waals surface area contributed by atoms with Gasteiger partial charge in [-0.25, -0.2) is 0 Å². The summed E-state index contributed by atoms with van der Waals surface area (Å²) in [5.74, 6) is -0.354. The average Bonchev–Trinajstić information content (AvgIpc) is 2.74. The van der Waals surface area contributed by atoms with E-state index in [0.717, 1.165) is 0 Å². The quantitative estimate of drug-likeness (QED) is 0.767. The predicted molar refractivity (Wildman–Crippen MR) is 85.5 cm³/mol. The zero-order valence-electron chi connectivity index (χ0n) is 11.9. The normalized spacial score (nSPS) is 20.2. The van der Waals surface area contributed by atoms with Gasteiger partial charge >= 0.3 is 0 Å². The second-order valence-electron chi connectivity index (χ2n) is 5.28. The van der Waals surface area contributed by atoms with E-state index in [2.05, 4.69) is 0 Å². The third-order valence-electron chi connectivity index (χ3n) is 4.12. The van der Waals surface area contributed by atoms with Crippen molar-refractivity contribution < 1.29 is 14.3 Å². The molecule has 0 heterocycles. The molecule has 1 atom stereocenters. The van der Waals surface area contributed by atoms with E-state index in [1.54, 1.807) is 31.2 Å². The van der Waals surface area contributed by atoms with E-state index in [1.807, 2.05) is 6.07 Å². The lowest BCUT2D eigenvalue weighted by molar-refractivity contribution is 0.0810. The van der Waals surface area contributed by atoms with Gasteiger partial charge in [-0.3, -0.25) is 9.59 Å². The maximum atomic E-state index is 12.9. The van der Waals surface area contributed by atoms with Crippen LogP contribution in [0.5, 0.6) is 5.75 Å². The lowest BCUT2D eigenvalue weighted by Gasteiger charge is -2.20. The molecule has 3 nitrogen and oxygen atoms in total. The van der Waals surface area contributed by atoms with Crippen molar-refractivity contribution in [3.63, 3.8) is 0 Å². The van der Waals surface area contributed by atoms with Crippen LogP contribution < -0.4 is 4.74 Å². The third-order valence-corrected chi connectivity index (χ3v) is 4.97. The second-order valence-corrected chi connectivity index (χ2v) is 6.03. The Morgan fingerprint density at radius 1 is 1.00 bits per heavy atom. The SMILES string of the molecule is COc1cc2c(c(Cl)c1Cl)C(=O)C(C)(c1ccccc1)C2=O. The Labute approximate surface area is 137 Å². The fourth-order valence-corrected chi connectivity index (χ4v) is 3.32. The standard InChI is InChI=1S/C17H12Cl2O3/c1-17(9-6-4-3-5-7-9)15(20)10-8-11(22-2)13(18)14(19)12(10)16(17)21/h3-8H,1-2H3. The van der Waals surface area contributed by atoms with E-state index in [1.165, 1.54) is 13.2 Å². The van der Waals surface area contributed by atoms with Gasteiger partial charge in [0.2, 0.25) is 0 Å². The Hall–Kier alpha value is -1.84. The molecule has 0 spiro atoms. The summed E-state index contributed by atoms with van der Waals surface area (Å²) < 4.78 is 5.13. The van der Waals surface area contributed by atoms with E-state index < -0.39 is 5.41 Å². The molecular formula is C17H12Cl2O3. The maximum Gasteiger partial charge on any atom is 0.183 e. The van der Waals surface area contributed by atoms with Crippen LogP contribution in [0, 0.1) is 0 Å². The zero-order valence-corrected chi connectivity index (χ0v) is 13.5. The van der Waals surface area contributed by atoms with Gasteiger partial charge in [-0.1, -0.05) is 53.5 Å². The third kappa shape index (κ3) is 1.82. The van der Waals surface area contributed by atoms with Crippen molar-refractivity contribution in [1.82, 2.24) is 0 Å². The molecule has 3 rings (SSSR count). The van der Waals surface area contributed by atoms with Crippen molar-refractivity contribution in [2.24, 2.45) is 0 Å². The summed E-state index contributed by atoms with van der Waals surface area (Å²) in [5, 5.41) is 0.204. The molecule has 0 bridgehead atoms. The van der Waals surface area contributed by atoms with Gasteiger partial charge in [0, 0.05) is 5.56 Å². The van der Waals surface area contributed by atoms with Crippen LogP contribution in [0.15, 0.2) is 36.4 Å². The minimum absolute atomic E-state index is 0.0639. The highest BCUT2D eigenvalue weighted by Gasteiger charge is 2.52. The van der Waals surface area contributed by atoms with Crippen molar-refractivity contribution in [3.05, 3.63) is 63.1 Å². The number of carbonyl (C=O) groups excluding carboxylic acids is 2. The minimum Gasteiger partial charge on any atom is -0.495 e. The fraction of sp³-hybridized carbons (Fsp3) is 0.176. The van der Waals surface area contributed by atoms with E-state index in [0.29, 0.717) is 5.56 Å². The molecule has 2 aromatic rings. The number of carbonyl (C=O) groups is 2. The molecule has 112 valence electrons. The molecule has 22 heavy (non-hydrogen) atoms. The van der Waals surface area contributed by atoms with Crippen molar-refractivity contribution >= 4 is 34.8 Å². The van der Waals surface area contributed by atoms with Crippen LogP contribution in [-0.4, -0.2) is 18.7 Å². The van der Waals surface area contributed by atoms with Gasteiger partial charge < -0.3 is 4.74 Å². The number of halogens is 2. The highest BCUT2D eigenvalue weighted by atomic mass is 35.5. The number of hydrogen-bond acceptors (Lipinski definition) is 3. The van der Waals surface area contributed by atoms with Crippen LogP contribution in [-0.2, 0) is 5.41 Å². The fourth-order valence-electron chi connectivity index (χ4n) is 2.81. The molecule has 5 heteroatoms. The van der Waals surface area contributed by atoms with Crippen LogP contribution >= 0.6 is 23.2 Å². The first kappa shape index (κ1) is 15.1. The summed E-state index contributed by atoms with van der Waals surface area (Å²) in [6.45, 7) is 1.61. The largest absolute Gasteiger partial charge is 0.495 e. The van der Waals surface area contributed by atoms with Crippen molar-refractivity contribution in [1.29, 1.82) is 0 Å². The number of rotatable bonds is 2. The van der Waals surface area contributed by atoms with Crippen molar-refractivity contribution in [2.45, 2.75) is 12.3 Å². The smallest absolute Gasteiger partial charge is 0.183 e. The Kier molecular flexibility index (Phi) is 3.50. The van der Waals surface area contributed by atoms with Gasteiger partial charge in [0.05, 0.1) is 17.7 Å². The van der Waals surface area contributed by atoms with Crippen molar-refractivity contribution in [3.8, 4) is 5.75 Å². The lowest BCUT2D eigenvalue weighted by Crippen LogP contribution is -2.34. The van der Waals surface area contributed by atoms with E-state index >= 15 is 0 Å².